The zero-order valence-electron chi connectivity index (χ0n) is 6.87. The average molecular weight is 189 g/mol. The summed E-state index contributed by atoms with van der Waals surface area (Å²) in [6.07, 6.45) is 1.51. The van der Waals surface area contributed by atoms with E-state index >= 15 is 0 Å². The van der Waals surface area contributed by atoms with E-state index in [-0.39, 0.29) is 12.6 Å². The molecule has 1 amide bonds. The molecule has 1 aliphatic rings. The summed E-state index contributed by atoms with van der Waals surface area (Å²) < 4.78 is 4.94. The highest BCUT2D eigenvalue weighted by Gasteiger charge is 2.18. The Hall–Kier alpha value is -1.03. The number of rotatable bonds is 1. The van der Waals surface area contributed by atoms with Gasteiger partial charge >= 0.3 is 0 Å². The van der Waals surface area contributed by atoms with Crippen LogP contribution in [0.2, 0.25) is 0 Å². The van der Waals surface area contributed by atoms with Crippen molar-refractivity contribution in [3.05, 3.63) is 12.0 Å². The molecule has 0 spiro atoms. The number of amides is 1. The van der Waals surface area contributed by atoms with Crippen molar-refractivity contribution < 1.29 is 9.53 Å². The maximum absolute atomic E-state index is 11.0. The van der Waals surface area contributed by atoms with Gasteiger partial charge in [0.05, 0.1) is 7.11 Å². The minimum atomic E-state index is -0.115. The Morgan fingerprint density at radius 2 is 2.50 bits per heavy atom. The summed E-state index contributed by atoms with van der Waals surface area (Å²) >= 11 is 5.62. The van der Waals surface area contributed by atoms with Gasteiger partial charge in [-0.25, -0.2) is 0 Å². The number of ether oxygens (including phenoxy) is 1. The van der Waals surface area contributed by atoms with E-state index in [1.807, 2.05) is 0 Å². The molecule has 0 saturated heterocycles. The molecule has 0 aromatic carbocycles. The van der Waals surface area contributed by atoms with Crippen LogP contribution in [0.15, 0.2) is 17.0 Å². The highest BCUT2D eigenvalue weighted by Crippen LogP contribution is 2.12. The molecule has 0 saturated carbocycles. The summed E-state index contributed by atoms with van der Waals surface area (Å²) in [5, 5.41) is 0.351. The van der Waals surface area contributed by atoms with Gasteiger partial charge in [-0.15, -0.1) is 0 Å². The van der Waals surface area contributed by atoms with Crippen LogP contribution in [0.1, 0.15) is 6.92 Å². The molecule has 1 aliphatic heterocycles. The first kappa shape index (κ1) is 9.06. The van der Waals surface area contributed by atoms with E-state index in [9.17, 15) is 4.79 Å². The third-order valence-corrected chi connectivity index (χ3v) is 1.69. The molecular formula is C7H9ClN2O2. The lowest BCUT2D eigenvalue weighted by atomic mass is 10.4. The molecule has 0 atom stereocenters. The maximum atomic E-state index is 11.0. The number of carbonyl (C=O) groups excluding carboxylic acids is 1. The van der Waals surface area contributed by atoms with Crippen LogP contribution in [0.3, 0.4) is 0 Å². The Bertz CT molecular complexity index is 260. The van der Waals surface area contributed by atoms with Crippen LogP contribution in [0.5, 0.6) is 0 Å². The molecule has 0 bridgehead atoms. The number of halogens is 1. The summed E-state index contributed by atoms with van der Waals surface area (Å²) in [6, 6.07) is 0. The van der Waals surface area contributed by atoms with Crippen molar-refractivity contribution >= 4 is 22.7 Å². The molecule has 0 fully saturated rings. The number of allylic oxidation sites excluding steroid dienone is 1. The van der Waals surface area contributed by atoms with Crippen molar-refractivity contribution in [2.24, 2.45) is 4.99 Å². The van der Waals surface area contributed by atoms with E-state index in [2.05, 4.69) is 4.99 Å². The zero-order valence-corrected chi connectivity index (χ0v) is 7.63. The van der Waals surface area contributed by atoms with Crippen LogP contribution in [0, 0.1) is 0 Å². The van der Waals surface area contributed by atoms with Crippen LogP contribution in [0.25, 0.3) is 0 Å². The van der Waals surface area contributed by atoms with Gasteiger partial charge in [0.2, 0.25) is 5.91 Å². The van der Waals surface area contributed by atoms with Gasteiger partial charge in [0.1, 0.15) is 11.8 Å². The van der Waals surface area contributed by atoms with Crippen molar-refractivity contribution in [1.29, 1.82) is 0 Å². The summed E-state index contributed by atoms with van der Waals surface area (Å²) in [7, 11) is 1.48. The normalized spacial score (nSPS) is 16.8. The number of methoxy groups -OCH3 is 1. The van der Waals surface area contributed by atoms with Crippen molar-refractivity contribution in [1.82, 2.24) is 4.90 Å². The van der Waals surface area contributed by atoms with Gasteiger partial charge in [-0.1, -0.05) is 11.6 Å². The van der Waals surface area contributed by atoms with Gasteiger partial charge < -0.3 is 4.74 Å². The predicted octanol–water partition coefficient (Wildman–Crippen LogP) is 0.931. The van der Waals surface area contributed by atoms with Crippen molar-refractivity contribution in [2.45, 2.75) is 6.92 Å². The molecule has 12 heavy (non-hydrogen) atoms. The molecule has 0 aliphatic carbocycles. The van der Waals surface area contributed by atoms with E-state index in [1.165, 1.54) is 25.0 Å². The van der Waals surface area contributed by atoms with Crippen LogP contribution < -0.4 is 0 Å². The van der Waals surface area contributed by atoms with Crippen LogP contribution in [-0.4, -0.2) is 29.8 Å². The second-order valence-electron chi connectivity index (χ2n) is 2.26. The van der Waals surface area contributed by atoms with E-state index < -0.39 is 0 Å². The van der Waals surface area contributed by atoms with Crippen LogP contribution >= 0.6 is 11.6 Å². The minimum absolute atomic E-state index is 0.115. The summed E-state index contributed by atoms with van der Waals surface area (Å²) in [4.78, 5) is 16.2. The molecule has 0 aromatic heterocycles. The largest absolute Gasteiger partial charge is 0.482 e. The summed E-state index contributed by atoms with van der Waals surface area (Å²) in [5.41, 5.74) is 0. The molecule has 5 heteroatoms. The van der Waals surface area contributed by atoms with E-state index in [1.54, 1.807) is 0 Å². The number of hydrogen-bond acceptors (Lipinski definition) is 3. The fourth-order valence-corrected chi connectivity index (χ4v) is 1.00. The Morgan fingerprint density at radius 3 is 3.00 bits per heavy atom. The molecule has 1 rings (SSSR count). The zero-order chi connectivity index (χ0) is 9.14. The van der Waals surface area contributed by atoms with Crippen molar-refractivity contribution in [3.8, 4) is 0 Å². The molecule has 0 N–H and O–H groups in total. The first-order valence-electron chi connectivity index (χ1n) is 3.39. The van der Waals surface area contributed by atoms with Gasteiger partial charge in [0, 0.05) is 13.0 Å². The summed E-state index contributed by atoms with van der Waals surface area (Å²) in [6.45, 7) is 1.68. The minimum Gasteiger partial charge on any atom is -0.482 e. The topological polar surface area (TPSA) is 41.9 Å². The first-order valence-corrected chi connectivity index (χ1v) is 3.76. The Kier molecular flexibility index (Phi) is 2.70. The molecular weight excluding hydrogens is 180 g/mol. The molecule has 1 heterocycles. The third kappa shape index (κ3) is 1.76. The molecule has 66 valence electrons. The lowest BCUT2D eigenvalue weighted by molar-refractivity contribution is -0.129. The maximum Gasteiger partial charge on any atom is 0.227 e. The number of hydrogen-bond donors (Lipinski definition) is 0. The average Bonchev–Trinajstić information content (AvgIpc) is 2.03. The number of carbonyl (C=O) groups is 1. The van der Waals surface area contributed by atoms with Gasteiger partial charge in [-0.2, -0.15) is 0 Å². The van der Waals surface area contributed by atoms with E-state index in [0.29, 0.717) is 11.1 Å². The van der Waals surface area contributed by atoms with Crippen molar-refractivity contribution in [2.75, 3.05) is 13.8 Å². The fraction of sp³-hybridized carbons (Fsp3) is 0.429. The first-order chi connectivity index (χ1) is 5.65. The van der Waals surface area contributed by atoms with Crippen molar-refractivity contribution in [3.63, 3.8) is 0 Å². The Balaban J connectivity index is 2.84. The fourth-order valence-electron chi connectivity index (χ4n) is 0.857. The molecule has 0 aromatic rings. The monoisotopic (exact) mass is 188 g/mol. The van der Waals surface area contributed by atoms with Gasteiger partial charge in [0.15, 0.2) is 5.88 Å². The highest BCUT2D eigenvalue weighted by atomic mass is 35.5. The van der Waals surface area contributed by atoms with Gasteiger partial charge in [-0.05, 0) is 0 Å². The number of nitrogens with zero attached hydrogens (tertiary/aromatic N) is 2. The van der Waals surface area contributed by atoms with E-state index in [4.69, 9.17) is 16.3 Å². The smallest absolute Gasteiger partial charge is 0.227 e. The number of aliphatic imine (C=N–C) groups is 1. The quantitative estimate of drug-likeness (QED) is 0.615. The third-order valence-electron chi connectivity index (χ3n) is 1.46. The van der Waals surface area contributed by atoms with Gasteiger partial charge in [0.25, 0.3) is 0 Å². The second-order valence-corrected chi connectivity index (χ2v) is 2.64. The predicted molar refractivity (Wildman–Crippen MR) is 45.8 cm³/mol. The summed E-state index contributed by atoms with van der Waals surface area (Å²) in [5.74, 6) is 0.318. The molecule has 4 nitrogen and oxygen atoms in total. The standard InChI is InChI=1S/C7H9ClN2O2/c1-5(11)10-4-9-6(8)3-7(10)12-2/h3H,4H2,1-2H3. The van der Waals surface area contributed by atoms with Crippen LogP contribution in [-0.2, 0) is 9.53 Å². The SMILES string of the molecule is COC1=CC(Cl)=NCN1C(C)=O. The second kappa shape index (κ2) is 3.58. The lowest BCUT2D eigenvalue weighted by Crippen LogP contribution is -2.31. The Labute approximate surface area is 75.5 Å². The van der Waals surface area contributed by atoms with Gasteiger partial charge in [-0.3, -0.25) is 14.7 Å². The molecule has 0 unspecified atom stereocenters. The van der Waals surface area contributed by atoms with Crippen LogP contribution in [0.4, 0.5) is 0 Å². The molecule has 0 radical (unpaired) electrons. The van der Waals surface area contributed by atoms with E-state index in [0.717, 1.165) is 0 Å². The highest BCUT2D eigenvalue weighted by molar-refractivity contribution is 6.68. The Morgan fingerprint density at radius 1 is 1.83 bits per heavy atom. The lowest BCUT2D eigenvalue weighted by Gasteiger charge is -2.23.